The van der Waals surface area contributed by atoms with Crippen molar-refractivity contribution in [3.8, 4) is 0 Å². The van der Waals surface area contributed by atoms with Crippen LogP contribution in [-0.4, -0.2) is 36.0 Å². The van der Waals surface area contributed by atoms with Crippen LogP contribution in [0.3, 0.4) is 0 Å². The summed E-state index contributed by atoms with van der Waals surface area (Å²) in [6.45, 7) is 2.83. The Bertz CT molecular complexity index is 248. The van der Waals surface area contributed by atoms with Gasteiger partial charge < -0.3 is 19.7 Å². The molecule has 0 aliphatic rings. The number of rotatable bonds is 7. The zero-order valence-electron chi connectivity index (χ0n) is 8.57. The Kier molecular flexibility index (Phi) is 5.29. The molecule has 1 rings (SSSR count). The second kappa shape index (κ2) is 6.59. The van der Waals surface area contributed by atoms with Crippen molar-refractivity contribution < 1.29 is 9.84 Å². The maximum Gasteiger partial charge on any atom is 0.0698 e. The minimum absolute atomic E-state index is 0.0951. The van der Waals surface area contributed by atoms with Crippen molar-refractivity contribution in [3.63, 3.8) is 0 Å². The van der Waals surface area contributed by atoms with E-state index in [-0.39, 0.29) is 6.61 Å². The van der Waals surface area contributed by atoms with Crippen LogP contribution >= 0.6 is 0 Å². The van der Waals surface area contributed by atoms with Gasteiger partial charge in [0.25, 0.3) is 0 Å². The van der Waals surface area contributed by atoms with Gasteiger partial charge in [0.1, 0.15) is 0 Å². The van der Waals surface area contributed by atoms with E-state index in [1.165, 1.54) is 5.69 Å². The summed E-state index contributed by atoms with van der Waals surface area (Å²) in [5.41, 5.74) is 1.26. The van der Waals surface area contributed by atoms with Crippen molar-refractivity contribution in [2.45, 2.75) is 6.54 Å². The van der Waals surface area contributed by atoms with Crippen LogP contribution in [0.25, 0.3) is 0 Å². The second-order valence-corrected chi connectivity index (χ2v) is 3.12. The molecule has 4 heteroatoms. The molecule has 0 spiro atoms. The normalized spacial score (nSPS) is 10.7. The zero-order chi connectivity index (χ0) is 10.2. The average Bonchev–Trinajstić information content (AvgIpc) is 2.58. The quantitative estimate of drug-likeness (QED) is 0.612. The summed E-state index contributed by atoms with van der Waals surface area (Å²) in [6.07, 6.45) is 2.03. The van der Waals surface area contributed by atoms with Gasteiger partial charge in [-0.3, -0.25) is 0 Å². The Balaban J connectivity index is 2.02. The Labute approximate surface area is 84.5 Å². The molecule has 0 saturated carbocycles. The number of hydrogen-bond donors (Lipinski definition) is 2. The molecule has 80 valence electrons. The van der Waals surface area contributed by atoms with Gasteiger partial charge in [0.2, 0.25) is 0 Å². The lowest BCUT2D eigenvalue weighted by molar-refractivity contribution is 0.0937. The number of nitrogens with one attached hydrogen (secondary N) is 1. The van der Waals surface area contributed by atoms with Crippen LogP contribution in [0.1, 0.15) is 5.69 Å². The van der Waals surface area contributed by atoms with Crippen LogP contribution in [0.15, 0.2) is 18.3 Å². The molecule has 0 fully saturated rings. The van der Waals surface area contributed by atoms with Gasteiger partial charge in [-0.2, -0.15) is 0 Å². The van der Waals surface area contributed by atoms with Gasteiger partial charge in [0.05, 0.1) is 19.8 Å². The molecule has 0 aromatic carbocycles. The number of hydrogen-bond acceptors (Lipinski definition) is 3. The first-order valence-corrected chi connectivity index (χ1v) is 4.84. The first kappa shape index (κ1) is 11.2. The number of aromatic nitrogens is 1. The highest BCUT2D eigenvalue weighted by Gasteiger charge is 1.95. The smallest absolute Gasteiger partial charge is 0.0698 e. The van der Waals surface area contributed by atoms with Gasteiger partial charge in [-0.15, -0.1) is 0 Å². The molecule has 0 atom stereocenters. The van der Waals surface area contributed by atoms with Crippen LogP contribution in [0.4, 0.5) is 0 Å². The highest BCUT2D eigenvalue weighted by atomic mass is 16.5. The number of nitrogens with zero attached hydrogens (tertiary/aromatic N) is 1. The van der Waals surface area contributed by atoms with Crippen LogP contribution < -0.4 is 5.32 Å². The number of aliphatic hydroxyl groups excluding tert-OH is 1. The van der Waals surface area contributed by atoms with E-state index in [2.05, 4.69) is 16.0 Å². The second-order valence-electron chi connectivity index (χ2n) is 3.12. The van der Waals surface area contributed by atoms with Crippen LogP contribution in [0.5, 0.6) is 0 Å². The minimum Gasteiger partial charge on any atom is -0.394 e. The molecule has 1 heterocycles. The van der Waals surface area contributed by atoms with Crippen molar-refractivity contribution in [1.29, 1.82) is 0 Å². The maximum atomic E-state index is 8.46. The first-order valence-electron chi connectivity index (χ1n) is 4.84. The maximum absolute atomic E-state index is 8.46. The molecule has 0 amide bonds. The summed E-state index contributed by atoms with van der Waals surface area (Å²) < 4.78 is 7.20. The van der Waals surface area contributed by atoms with Crippen LogP contribution in [0.2, 0.25) is 0 Å². The Morgan fingerprint density at radius 3 is 3.00 bits per heavy atom. The van der Waals surface area contributed by atoms with Crippen molar-refractivity contribution >= 4 is 0 Å². The van der Waals surface area contributed by atoms with Gasteiger partial charge in [0, 0.05) is 32.0 Å². The van der Waals surface area contributed by atoms with Crippen molar-refractivity contribution in [3.05, 3.63) is 24.0 Å². The van der Waals surface area contributed by atoms with Gasteiger partial charge in [-0.05, 0) is 12.1 Å². The Morgan fingerprint density at radius 1 is 1.50 bits per heavy atom. The number of aliphatic hydroxyl groups is 1. The predicted molar refractivity (Wildman–Crippen MR) is 55.0 cm³/mol. The van der Waals surface area contributed by atoms with E-state index in [4.69, 9.17) is 9.84 Å². The van der Waals surface area contributed by atoms with Crippen molar-refractivity contribution in [2.75, 3.05) is 26.4 Å². The van der Waals surface area contributed by atoms with Crippen molar-refractivity contribution in [2.24, 2.45) is 7.05 Å². The number of aryl methyl sites for hydroxylation is 1. The Morgan fingerprint density at radius 2 is 2.36 bits per heavy atom. The summed E-state index contributed by atoms with van der Waals surface area (Å²) in [7, 11) is 2.03. The standard InChI is InChI=1S/C10H18N2O2/c1-12-5-2-3-10(12)9-11-4-7-14-8-6-13/h2-3,5,11,13H,4,6-9H2,1H3. The van der Waals surface area contributed by atoms with Gasteiger partial charge in [-0.1, -0.05) is 0 Å². The van der Waals surface area contributed by atoms with E-state index >= 15 is 0 Å². The molecule has 0 aliphatic carbocycles. The van der Waals surface area contributed by atoms with E-state index in [1.54, 1.807) is 0 Å². The fraction of sp³-hybridized carbons (Fsp3) is 0.600. The van der Waals surface area contributed by atoms with Gasteiger partial charge in [0.15, 0.2) is 0 Å². The molecule has 0 radical (unpaired) electrons. The van der Waals surface area contributed by atoms with Crippen LogP contribution in [-0.2, 0) is 18.3 Å². The summed E-state index contributed by atoms with van der Waals surface area (Å²) in [6, 6.07) is 4.11. The molecule has 0 aliphatic heterocycles. The molecule has 2 N–H and O–H groups in total. The van der Waals surface area contributed by atoms with Crippen LogP contribution in [0, 0.1) is 0 Å². The third-order valence-corrected chi connectivity index (χ3v) is 2.02. The van der Waals surface area contributed by atoms with Gasteiger partial charge in [-0.25, -0.2) is 0 Å². The molecule has 1 aromatic heterocycles. The third kappa shape index (κ3) is 3.91. The highest BCUT2D eigenvalue weighted by molar-refractivity contribution is 5.05. The summed E-state index contributed by atoms with van der Waals surface area (Å²) in [5, 5.41) is 11.7. The molecular formula is C10H18N2O2. The lowest BCUT2D eigenvalue weighted by Gasteiger charge is -2.06. The third-order valence-electron chi connectivity index (χ3n) is 2.02. The van der Waals surface area contributed by atoms with E-state index in [0.717, 1.165) is 13.1 Å². The SMILES string of the molecule is Cn1cccc1CNCCOCCO. The monoisotopic (exact) mass is 198 g/mol. The molecule has 0 unspecified atom stereocenters. The molecular weight excluding hydrogens is 180 g/mol. The predicted octanol–water partition coefficient (Wildman–Crippen LogP) is 0.124. The fourth-order valence-corrected chi connectivity index (χ4v) is 1.21. The molecule has 1 aromatic rings. The fourth-order valence-electron chi connectivity index (χ4n) is 1.21. The average molecular weight is 198 g/mol. The summed E-state index contributed by atoms with van der Waals surface area (Å²) in [4.78, 5) is 0. The molecule has 14 heavy (non-hydrogen) atoms. The molecule has 0 saturated heterocycles. The van der Waals surface area contributed by atoms with E-state index < -0.39 is 0 Å². The highest BCUT2D eigenvalue weighted by Crippen LogP contribution is 1.97. The Hall–Kier alpha value is -0.840. The molecule has 4 nitrogen and oxygen atoms in total. The lowest BCUT2D eigenvalue weighted by Crippen LogP contribution is -2.21. The molecule has 0 bridgehead atoms. The largest absolute Gasteiger partial charge is 0.394 e. The summed E-state index contributed by atoms with van der Waals surface area (Å²) in [5.74, 6) is 0. The van der Waals surface area contributed by atoms with E-state index in [0.29, 0.717) is 13.2 Å². The number of ether oxygens (including phenoxy) is 1. The van der Waals surface area contributed by atoms with E-state index in [9.17, 15) is 0 Å². The lowest BCUT2D eigenvalue weighted by atomic mass is 10.4. The summed E-state index contributed by atoms with van der Waals surface area (Å²) >= 11 is 0. The van der Waals surface area contributed by atoms with Crippen molar-refractivity contribution in [1.82, 2.24) is 9.88 Å². The first-order chi connectivity index (χ1) is 6.84. The minimum atomic E-state index is 0.0951. The van der Waals surface area contributed by atoms with Gasteiger partial charge >= 0.3 is 0 Å². The van der Waals surface area contributed by atoms with E-state index in [1.807, 2.05) is 19.3 Å². The zero-order valence-corrected chi connectivity index (χ0v) is 8.57. The topological polar surface area (TPSA) is 46.4 Å².